The van der Waals surface area contributed by atoms with Crippen molar-refractivity contribution in [2.45, 2.75) is 19.6 Å². The lowest BCUT2D eigenvalue weighted by Crippen LogP contribution is -2.23. The van der Waals surface area contributed by atoms with E-state index < -0.39 is 8.07 Å². The van der Waals surface area contributed by atoms with E-state index in [1.165, 1.54) is 0 Å². The lowest BCUT2D eigenvalue weighted by molar-refractivity contribution is 1.74. The summed E-state index contributed by atoms with van der Waals surface area (Å²) in [5.41, 5.74) is 0. The van der Waals surface area contributed by atoms with Crippen LogP contribution in [0.15, 0.2) is 0 Å². The van der Waals surface area contributed by atoms with Crippen LogP contribution in [0.5, 0.6) is 0 Å². The largest absolute Gasteiger partial charge is 0.256 e. The minimum Gasteiger partial charge on any atom is -0.121 e. The Morgan fingerprint density at radius 3 is 1.86 bits per heavy atom. The van der Waals surface area contributed by atoms with Gasteiger partial charge in [0.15, 0.2) is 8.07 Å². The third-order valence-corrected chi connectivity index (χ3v) is 1.44. The first kappa shape index (κ1) is 6.67. The van der Waals surface area contributed by atoms with E-state index in [0.717, 1.165) is 0 Å². The normalized spacial score (nSPS) is 10.1. The van der Waals surface area contributed by atoms with Crippen molar-refractivity contribution in [3.63, 3.8) is 0 Å². The summed E-state index contributed by atoms with van der Waals surface area (Å²) in [6, 6.07) is 0. The Kier molecular flexibility index (Phi) is 2.00. The van der Waals surface area contributed by atoms with E-state index >= 15 is 0 Å². The summed E-state index contributed by atoms with van der Waals surface area (Å²) in [6.45, 7) is 10.0. The Morgan fingerprint density at radius 1 is 1.43 bits per heavy atom. The highest BCUT2D eigenvalue weighted by molar-refractivity contribution is 6.99. The molecule has 0 rings (SSSR count). The van der Waals surface area contributed by atoms with Crippen LogP contribution in [0.2, 0.25) is 19.6 Å². The molecule has 0 aliphatic rings. The van der Waals surface area contributed by atoms with Gasteiger partial charge >= 0.3 is 0 Å². The molecule has 0 bridgehead atoms. The summed E-state index contributed by atoms with van der Waals surface area (Å²) in [6.07, 6.45) is 0. The molecule has 0 aliphatic carbocycles. The number of hydrogen-bond donors (Lipinski definition) is 0. The first-order chi connectivity index (χ1) is 3.06. The molecule has 0 radical (unpaired) electrons. The molecule has 0 aliphatic heterocycles. The average molecular weight is 114 g/mol. The van der Waals surface area contributed by atoms with Crippen molar-refractivity contribution >= 4 is 20.6 Å². The van der Waals surface area contributed by atoms with Gasteiger partial charge in [-0.05, 0) is 0 Å². The Bertz CT molecular complexity index is 95.1. The Hall–Kier alpha value is -0.333. The van der Waals surface area contributed by atoms with E-state index in [2.05, 4.69) is 31.0 Å². The molecule has 7 heavy (non-hydrogen) atoms. The van der Waals surface area contributed by atoms with E-state index in [0.29, 0.717) is 0 Å². The fraction of sp³-hybridized carbons (Fsp3) is 0.600. The second kappa shape index (κ2) is 2.10. The van der Waals surface area contributed by atoms with Gasteiger partial charge in [0.2, 0.25) is 5.84 Å². The standard InChI is InChI=1S/C5H12NSi/c1-6-5-7(2,3)4/h5H,1H2,2-4H3/q+1. The van der Waals surface area contributed by atoms with Gasteiger partial charge in [0.05, 0.1) is 0 Å². The van der Waals surface area contributed by atoms with Crippen molar-refractivity contribution in [2.24, 2.45) is 0 Å². The lowest BCUT2D eigenvalue weighted by Gasteiger charge is -1.95. The third kappa shape index (κ3) is 5.67. The molecule has 0 unspecified atom stereocenters. The first-order valence-electron chi connectivity index (χ1n) is 2.36. The van der Waals surface area contributed by atoms with Crippen LogP contribution < -0.4 is 4.67 Å². The van der Waals surface area contributed by atoms with E-state index in [-0.39, 0.29) is 0 Å². The summed E-state index contributed by atoms with van der Waals surface area (Å²) >= 11 is 0. The van der Waals surface area contributed by atoms with Crippen LogP contribution in [0.1, 0.15) is 0 Å². The van der Waals surface area contributed by atoms with E-state index in [1.54, 1.807) is 0 Å². The van der Waals surface area contributed by atoms with Crippen molar-refractivity contribution in [1.82, 2.24) is 4.67 Å². The molecule has 0 saturated carbocycles. The smallest absolute Gasteiger partial charge is 0.121 e. The van der Waals surface area contributed by atoms with Crippen LogP contribution in [0.3, 0.4) is 0 Å². The van der Waals surface area contributed by atoms with Gasteiger partial charge < -0.3 is 0 Å². The highest BCUT2D eigenvalue weighted by atomic mass is 28.3. The van der Waals surface area contributed by atoms with Crippen molar-refractivity contribution in [1.29, 1.82) is 0 Å². The van der Waals surface area contributed by atoms with Gasteiger partial charge in [-0.2, -0.15) is 0 Å². The second-order valence-electron chi connectivity index (χ2n) is 2.68. The molecule has 0 aromatic heterocycles. The molecule has 0 fully saturated rings. The zero-order valence-electron chi connectivity index (χ0n) is 5.23. The fourth-order valence-electron chi connectivity index (χ4n) is 0.274. The summed E-state index contributed by atoms with van der Waals surface area (Å²) in [7, 11) is -1.01. The highest BCUT2D eigenvalue weighted by Gasteiger charge is 2.14. The number of rotatable bonds is 1. The number of nitrogens with zero attached hydrogens (tertiary/aromatic N) is 1. The van der Waals surface area contributed by atoms with Crippen molar-refractivity contribution in [3.8, 4) is 0 Å². The van der Waals surface area contributed by atoms with Crippen LogP contribution in [0.25, 0.3) is 0 Å². The molecule has 40 valence electrons. The van der Waals surface area contributed by atoms with Gasteiger partial charge in [-0.1, -0.05) is 19.6 Å². The maximum absolute atomic E-state index is 3.69. The predicted octanol–water partition coefficient (Wildman–Crippen LogP) is 0.702. The molecular weight excluding hydrogens is 102 g/mol. The molecule has 0 aromatic rings. The molecule has 0 atom stereocenters. The van der Waals surface area contributed by atoms with Gasteiger partial charge in [0.25, 0.3) is 6.72 Å². The quantitative estimate of drug-likeness (QED) is 0.271. The molecular formula is C5H12NSi+. The third-order valence-electron chi connectivity index (χ3n) is 0.479. The monoisotopic (exact) mass is 114 g/mol. The Morgan fingerprint density at radius 2 is 1.86 bits per heavy atom. The first-order valence-corrected chi connectivity index (χ1v) is 5.94. The summed E-state index contributed by atoms with van der Waals surface area (Å²) in [5.74, 6) is 1.97. The van der Waals surface area contributed by atoms with Crippen LogP contribution in [-0.4, -0.2) is 20.6 Å². The number of hydrogen-bond acceptors (Lipinski definition) is 0. The van der Waals surface area contributed by atoms with Gasteiger partial charge in [-0.25, -0.2) is 0 Å². The van der Waals surface area contributed by atoms with E-state index in [1.807, 2.05) is 5.84 Å². The van der Waals surface area contributed by atoms with Crippen molar-refractivity contribution in [3.05, 3.63) is 0 Å². The summed E-state index contributed by atoms with van der Waals surface area (Å²) in [4.78, 5) is 0. The molecule has 0 N–H and O–H groups in total. The lowest BCUT2D eigenvalue weighted by atomic mass is 11.6. The maximum Gasteiger partial charge on any atom is 0.256 e. The SMILES string of the molecule is C=[N+]=C[Si](C)(C)C. The van der Waals surface area contributed by atoms with Gasteiger partial charge in [-0.3, -0.25) is 0 Å². The second-order valence-corrected chi connectivity index (χ2v) is 7.67. The zero-order chi connectivity index (χ0) is 5.91. The topological polar surface area (TPSA) is 14.1 Å². The van der Waals surface area contributed by atoms with Crippen LogP contribution in [0.4, 0.5) is 0 Å². The van der Waals surface area contributed by atoms with Crippen LogP contribution >= 0.6 is 0 Å². The van der Waals surface area contributed by atoms with Gasteiger partial charge in [0.1, 0.15) is 0 Å². The van der Waals surface area contributed by atoms with Crippen LogP contribution in [0, 0.1) is 0 Å². The van der Waals surface area contributed by atoms with Crippen molar-refractivity contribution < 1.29 is 0 Å². The summed E-state index contributed by atoms with van der Waals surface area (Å²) in [5, 5.41) is 0. The maximum atomic E-state index is 3.69. The molecule has 0 aromatic carbocycles. The van der Waals surface area contributed by atoms with E-state index in [4.69, 9.17) is 0 Å². The Labute approximate surface area is 45.8 Å². The molecule has 0 heterocycles. The zero-order valence-corrected chi connectivity index (χ0v) is 6.23. The van der Waals surface area contributed by atoms with Crippen LogP contribution in [-0.2, 0) is 0 Å². The molecule has 1 nitrogen and oxygen atoms in total. The minimum absolute atomic E-state index is 1.01. The molecule has 0 amide bonds. The highest BCUT2D eigenvalue weighted by Crippen LogP contribution is 1.91. The van der Waals surface area contributed by atoms with Gasteiger partial charge in [0, 0.05) is 0 Å². The molecule has 0 spiro atoms. The fourth-order valence-corrected chi connectivity index (χ4v) is 0.822. The van der Waals surface area contributed by atoms with E-state index in [9.17, 15) is 0 Å². The summed E-state index contributed by atoms with van der Waals surface area (Å²) < 4.78 is 3.69. The molecule has 2 heteroatoms. The van der Waals surface area contributed by atoms with Gasteiger partial charge in [-0.15, -0.1) is 4.67 Å². The van der Waals surface area contributed by atoms with Crippen molar-refractivity contribution in [2.75, 3.05) is 0 Å². The minimum atomic E-state index is -1.01. The average Bonchev–Trinajstić information content (AvgIpc) is 1.30. The molecule has 0 saturated heterocycles. The Balaban J connectivity index is 3.80. The predicted molar refractivity (Wildman–Crippen MR) is 38.7 cm³/mol.